The number of hydrogen-bond donors (Lipinski definition) is 0. The molecule has 0 atom stereocenters. The molecule has 0 aliphatic rings. The van der Waals surface area contributed by atoms with E-state index in [2.05, 4.69) is 52.9 Å². The van der Waals surface area contributed by atoms with Crippen LogP contribution in [0.5, 0.6) is 0 Å². The maximum Gasteiger partial charge on any atom is 0.169 e. The first kappa shape index (κ1) is 9.65. The molecule has 0 aliphatic carbocycles. The third kappa shape index (κ3) is 1.34. The molecule has 0 saturated carbocycles. The van der Waals surface area contributed by atoms with Crippen molar-refractivity contribution in [2.75, 3.05) is 0 Å². The second-order valence-electron chi connectivity index (χ2n) is 3.71. The third-order valence-electron chi connectivity index (χ3n) is 2.28. The zero-order chi connectivity index (χ0) is 10.3. The average Bonchev–Trinajstić information content (AvgIpc) is 2.51. The van der Waals surface area contributed by atoms with Crippen LogP contribution in [0.15, 0.2) is 16.9 Å². The number of halogens is 1. The molecule has 0 unspecified atom stereocenters. The molecule has 0 aromatic carbocycles. The number of hydrogen-bond acceptors (Lipinski definition) is 2. The minimum absolute atomic E-state index is 0.451. The first-order valence-electron chi connectivity index (χ1n) is 4.60. The SMILES string of the molecule is Cc1cc(Br)c2ncnn2c1C(C)C. The van der Waals surface area contributed by atoms with E-state index in [4.69, 9.17) is 0 Å². The van der Waals surface area contributed by atoms with Gasteiger partial charge >= 0.3 is 0 Å². The summed E-state index contributed by atoms with van der Waals surface area (Å²) in [4.78, 5) is 4.21. The Labute approximate surface area is 91.3 Å². The van der Waals surface area contributed by atoms with Gasteiger partial charge in [0.2, 0.25) is 0 Å². The number of aromatic nitrogens is 3. The summed E-state index contributed by atoms with van der Waals surface area (Å²) in [5.41, 5.74) is 3.35. The van der Waals surface area contributed by atoms with Crippen molar-refractivity contribution in [2.24, 2.45) is 0 Å². The zero-order valence-electron chi connectivity index (χ0n) is 8.45. The van der Waals surface area contributed by atoms with Crippen LogP contribution >= 0.6 is 15.9 Å². The van der Waals surface area contributed by atoms with Gasteiger partial charge in [0.1, 0.15) is 6.33 Å². The molecule has 2 rings (SSSR count). The lowest BCUT2D eigenvalue weighted by Crippen LogP contribution is -2.04. The predicted molar refractivity (Wildman–Crippen MR) is 59.5 cm³/mol. The van der Waals surface area contributed by atoms with E-state index in [9.17, 15) is 0 Å². The minimum atomic E-state index is 0.451. The van der Waals surface area contributed by atoms with Gasteiger partial charge in [-0.3, -0.25) is 0 Å². The van der Waals surface area contributed by atoms with E-state index in [-0.39, 0.29) is 0 Å². The van der Waals surface area contributed by atoms with Crippen LogP contribution in [0.4, 0.5) is 0 Å². The summed E-state index contributed by atoms with van der Waals surface area (Å²) in [6.07, 6.45) is 1.59. The van der Waals surface area contributed by atoms with Crippen LogP contribution in [-0.4, -0.2) is 14.6 Å². The molecule has 2 aromatic rings. The molecule has 0 N–H and O–H groups in total. The Hall–Kier alpha value is -0.900. The molecule has 3 nitrogen and oxygen atoms in total. The molecular formula is C10H12BrN3. The Morgan fingerprint density at radius 3 is 2.79 bits per heavy atom. The van der Waals surface area contributed by atoms with Gasteiger partial charge in [0.05, 0.1) is 10.2 Å². The van der Waals surface area contributed by atoms with Crippen LogP contribution in [0.2, 0.25) is 0 Å². The molecule has 74 valence electrons. The first-order chi connectivity index (χ1) is 6.61. The maximum atomic E-state index is 4.24. The summed E-state index contributed by atoms with van der Waals surface area (Å²) >= 11 is 3.49. The van der Waals surface area contributed by atoms with Gasteiger partial charge in [-0.25, -0.2) is 9.50 Å². The van der Waals surface area contributed by atoms with Crippen LogP contribution in [0.25, 0.3) is 5.65 Å². The van der Waals surface area contributed by atoms with Crippen molar-refractivity contribution in [3.8, 4) is 0 Å². The maximum absolute atomic E-state index is 4.24. The molecule has 2 aromatic heterocycles. The zero-order valence-corrected chi connectivity index (χ0v) is 10.0. The molecule has 0 bridgehead atoms. The summed E-state index contributed by atoms with van der Waals surface area (Å²) in [7, 11) is 0. The summed E-state index contributed by atoms with van der Waals surface area (Å²) in [6.45, 7) is 6.43. The van der Waals surface area contributed by atoms with Gasteiger partial charge in [-0.1, -0.05) is 13.8 Å². The summed E-state index contributed by atoms with van der Waals surface area (Å²) in [5.74, 6) is 0.451. The van der Waals surface area contributed by atoms with Crippen molar-refractivity contribution in [3.63, 3.8) is 0 Å². The van der Waals surface area contributed by atoms with Crippen LogP contribution in [0, 0.1) is 6.92 Å². The fourth-order valence-corrected chi connectivity index (χ4v) is 2.39. The van der Waals surface area contributed by atoms with Crippen molar-refractivity contribution >= 4 is 21.6 Å². The lowest BCUT2D eigenvalue weighted by Gasteiger charge is -2.12. The van der Waals surface area contributed by atoms with Gasteiger partial charge in [-0.05, 0) is 40.4 Å². The normalized spacial score (nSPS) is 11.5. The molecule has 2 heterocycles. The Balaban J connectivity index is 2.86. The van der Waals surface area contributed by atoms with E-state index < -0.39 is 0 Å². The van der Waals surface area contributed by atoms with Gasteiger partial charge in [-0.15, -0.1) is 0 Å². The summed E-state index contributed by atoms with van der Waals surface area (Å²) in [5, 5.41) is 4.24. The van der Waals surface area contributed by atoms with Crippen molar-refractivity contribution < 1.29 is 0 Å². The van der Waals surface area contributed by atoms with Crippen LogP contribution in [0.1, 0.15) is 31.0 Å². The Kier molecular flexibility index (Phi) is 2.31. The topological polar surface area (TPSA) is 30.2 Å². The second kappa shape index (κ2) is 3.35. The fourth-order valence-electron chi connectivity index (χ4n) is 1.78. The standard InChI is InChI=1S/C10H12BrN3/c1-6(2)9-7(3)4-8(11)10-12-5-13-14(9)10/h4-6H,1-3H3. The van der Waals surface area contributed by atoms with E-state index in [1.165, 1.54) is 11.3 Å². The number of rotatable bonds is 1. The van der Waals surface area contributed by atoms with E-state index in [0.29, 0.717) is 5.92 Å². The lowest BCUT2D eigenvalue weighted by atomic mass is 10.1. The molecule has 14 heavy (non-hydrogen) atoms. The van der Waals surface area contributed by atoms with E-state index in [1.807, 2.05) is 4.52 Å². The van der Waals surface area contributed by atoms with Gasteiger partial charge in [0.25, 0.3) is 0 Å². The second-order valence-corrected chi connectivity index (χ2v) is 4.57. The van der Waals surface area contributed by atoms with Crippen molar-refractivity contribution in [1.29, 1.82) is 0 Å². The molecule has 0 fully saturated rings. The molecule has 0 radical (unpaired) electrons. The molecule has 4 heteroatoms. The largest absolute Gasteiger partial charge is 0.216 e. The van der Waals surface area contributed by atoms with Crippen LogP contribution in [-0.2, 0) is 0 Å². The quantitative estimate of drug-likeness (QED) is 0.783. The highest BCUT2D eigenvalue weighted by Gasteiger charge is 2.12. The Morgan fingerprint density at radius 1 is 1.43 bits per heavy atom. The van der Waals surface area contributed by atoms with Crippen LogP contribution in [0.3, 0.4) is 0 Å². The number of aryl methyl sites for hydroxylation is 1. The van der Waals surface area contributed by atoms with Crippen LogP contribution < -0.4 is 0 Å². The van der Waals surface area contributed by atoms with Gasteiger partial charge in [0, 0.05) is 0 Å². The lowest BCUT2D eigenvalue weighted by molar-refractivity contribution is 0.746. The number of fused-ring (bicyclic) bond motifs is 1. The molecular weight excluding hydrogens is 242 g/mol. The molecule has 0 spiro atoms. The van der Waals surface area contributed by atoms with Gasteiger partial charge in [-0.2, -0.15) is 5.10 Å². The van der Waals surface area contributed by atoms with E-state index in [0.717, 1.165) is 10.1 Å². The van der Waals surface area contributed by atoms with E-state index >= 15 is 0 Å². The summed E-state index contributed by atoms with van der Waals surface area (Å²) in [6, 6.07) is 2.10. The molecule has 0 aliphatic heterocycles. The Bertz CT molecular complexity index is 473. The highest BCUT2D eigenvalue weighted by molar-refractivity contribution is 9.10. The highest BCUT2D eigenvalue weighted by atomic mass is 79.9. The summed E-state index contributed by atoms with van der Waals surface area (Å²) < 4.78 is 2.90. The molecule has 0 amide bonds. The predicted octanol–water partition coefficient (Wildman–Crippen LogP) is 2.92. The fraction of sp³-hybridized carbons (Fsp3) is 0.400. The van der Waals surface area contributed by atoms with Gasteiger partial charge < -0.3 is 0 Å². The Morgan fingerprint density at radius 2 is 2.14 bits per heavy atom. The van der Waals surface area contributed by atoms with E-state index in [1.54, 1.807) is 6.33 Å². The van der Waals surface area contributed by atoms with Crippen molar-refractivity contribution in [3.05, 3.63) is 28.1 Å². The monoisotopic (exact) mass is 253 g/mol. The average molecular weight is 254 g/mol. The number of pyridine rings is 1. The smallest absolute Gasteiger partial charge is 0.169 e. The van der Waals surface area contributed by atoms with Crippen molar-refractivity contribution in [1.82, 2.24) is 14.6 Å². The highest BCUT2D eigenvalue weighted by Crippen LogP contribution is 2.25. The third-order valence-corrected chi connectivity index (χ3v) is 2.87. The first-order valence-corrected chi connectivity index (χ1v) is 5.39. The minimum Gasteiger partial charge on any atom is -0.216 e. The number of nitrogens with zero attached hydrogens (tertiary/aromatic N) is 3. The van der Waals surface area contributed by atoms with Crippen molar-refractivity contribution in [2.45, 2.75) is 26.7 Å². The molecule has 0 saturated heterocycles. The van der Waals surface area contributed by atoms with Gasteiger partial charge in [0.15, 0.2) is 5.65 Å².